The lowest BCUT2D eigenvalue weighted by atomic mass is 9.98. The summed E-state index contributed by atoms with van der Waals surface area (Å²) in [5, 5.41) is 3.24. The molecule has 1 saturated heterocycles. The number of halogens is 2. The van der Waals surface area contributed by atoms with E-state index in [2.05, 4.69) is 5.32 Å². The molecule has 0 unspecified atom stereocenters. The number of sulfonamides is 1. The fourth-order valence-corrected chi connectivity index (χ4v) is 5.09. The summed E-state index contributed by atoms with van der Waals surface area (Å²) in [6.45, 7) is 0.450. The third-order valence-electron chi connectivity index (χ3n) is 4.83. The summed E-state index contributed by atoms with van der Waals surface area (Å²) in [5.41, 5.74) is 0.943. The molecule has 9 heteroatoms. The van der Waals surface area contributed by atoms with Crippen LogP contribution in [0, 0.1) is 11.7 Å². The number of piperidine rings is 1. The van der Waals surface area contributed by atoms with Gasteiger partial charge in [-0.1, -0.05) is 23.7 Å². The number of amides is 1. The van der Waals surface area contributed by atoms with Crippen LogP contribution < -0.4 is 10.1 Å². The van der Waals surface area contributed by atoms with E-state index >= 15 is 0 Å². The summed E-state index contributed by atoms with van der Waals surface area (Å²) in [6.07, 6.45) is 1.16. The number of benzene rings is 2. The Kier molecular flexibility index (Phi) is 6.77. The topological polar surface area (TPSA) is 75.7 Å². The average Bonchev–Trinajstić information content (AvgIpc) is 2.70. The Morgan fingerprint density at radius 3 is 2.69 bits per heavy atom. The summed E-state index contributed by atoms with van der Waals surface area (Å²) >= 11 is 5.99. The van der Waals surface area contributed by atoms with E-state index in [0.29, 0.717) is 41.4 Å². The van der Waals surface area contributed by atoms with Gasteiger partial charge in [-0.25, -0.2) is 17.1 Å². The van der Waals surface area contributed by atoms with Crippen LogP contribution in [0.5, 0.6) is 5.75 Å². The molecule has 0 bridgehead atoms. The molecule has 1 amide bonds. The van der Waals surface area contributed by atoms with E-state index in [4.69, 9.17) is 16.3 Å². The van der Waals surface area contributed by atoms with Crippen LogP contribution >= 0.6 is 11.6 Å². The van der Waals surface area contributed by atoms with Gasteiger partial charge >= 0.3 is 0 Å². The molecular formula is C20H22ClFN2O4S. The number of nitrogens with zero attached hydrogens (tertiary/aromatic N) is 1. The quantitative estimate of drug-likeness (QED) is 0.743. The second kappa shape index (κ2) is 9.11. The van der Waals surface area contributed by atoms with Crippen LogP contribution in [-0.4, -0.2) is 38.8 Å². The van der Waals surface area contributed by atoms with Gasteiger partial charge in [0.05, 0.1) is 24.5 Å². The van der Waals surface area contributed by atoms with E-state index < -0.39 is 21.8 Å². The number of carbonyl (C=O) groups excluding carboxylic acids is 1. The molecule has 1 aliphatic heterocycles. The van der Waals surface area contributed by atoms with Crippen molar-refractivity contribution in [1.29, 1.82) is 0 Å². The fourth-order valence-electron chi connectivity index (χ4n) is 3.30. The van der Waals surface area contributed by atoms with E-state index in [1.807, 2.05) is 0 Å². The molecule has 0 spiro atoms. The van der Waals surface area contributed by atoms with Gasteiger partial charge in [-0.05, 0) is 48.7 Å². The van der Waals surface area contributed by atoms with Crippen molar-refractivity contribution in [2.45, 2.75) is 18.6 Å². The SMILES string of the molecule is COc1ccc(Cl)cc1NC(=O)[C@@H]1CCCN(S(=O)(=O)Cc2ccc(F)cc2)C1. The predicted molar refractivity (Wildman–Crippen MR) is 110 cm³/mol. The Hall–Kier alpha value is -2.16. The maximum absolute atomic E-state index is 13.1. The predicted octanol–water partition coefficient (Wildman–Crippen LogP) is 3.67. The highest BCUT2D eigenvalue weighted by molar-refractivity contribution is 7.88. The van der Waals surface area contributed by atoms with Crippen LogP contribution in [-0.2, 0) is 20.6 Å². The fraction of sp³-hybridized carbons (Fsp3) is 0.350. The molecule has 0 saturated carbocycles. The van der Waals surface area contributed by atoms with Gasteiger partial charge in [0.25, 0.3) is 0 Å². The van der Waals surface area contributed by atoms with E-state index in [1.54, 1.807) is 18.2 Å². The molecule has 1 atom stereocenters. The average molecular weight is 441 g/mol. The molecular weight excluding hydrogens is 419 g/mol. The molecule has 0 radical (unpaired) electrons. The highest BCUT2D eigenvalue weighted by atomic mass is 35.5. The van der Waals surface area contributed by atoms with Crippen LogP contribution in [0.2, 0.25) is 5.02 Å². The molecule has 3 rings (SSSR count). The standard InChI is InChI=1S/C20H22ClFN2O4S/c1-28-19-9-6-16(21)11-18(19)23-20(25)15-3-2-10-24(12-15)29(26,27)13-14-4-7-17(22)8-5-14/h4-9,11,15H,2-3,10,12-13H2,1H3,(H,23,25)/t15-/m1/s1. The van der Waals surface area contributed by atoms with Crippen LogP contribution in [0.1, 0.15) is 18.4 Å². The first-order valence-electron chi connectivity index (χ1n) is 9.15. The van der Waals surface area contributed by atoms with Crippen LogP contribution in [0.15, 0.2) is 42.5 Å². The minimum absolute atomic E-state index is 0.0955. The Balaban J connectivity index is 1.69. The Morgan fingerprint density at radius 1 is 1.28 bits per heavy atom. The Labute approximate surface area is 174 Å². The molecule has 2 aromatic rings. The molecule has 1 aliphatic rings. The summed E-state index contributed by atoms with van der Waals surface area (Å²) in [6, 6.07) is 10.3. The van der Waals surface area contributed by atoms with Gasteiger partial charge in [0.1, 0.15) is 11.6 Å². The molecule has 0 aliphatic carbocycles. The summed E-state index contributed by atoms with van der Waals surface area (Å²) in [4.78, 5) is 12.7. The van der Waals surface area contributed by atoms with Crippen molar-refractivity contribution < 1.29 is 22.3 Å². The van der Waals surface area contributed by atoms with Crippen molar-refractivity contribution in [1.82, 2.24) is 4.31 Å². The van der Waals surface area contributed by atoms with Crippen molar-refractivity contribution in [3.05, 3.63) is 58.9 Å². The van der Waals surface area contributed by atoms with E-state index in [0.717, 1.165) is 0 Å². The monoisotopic (exact) mass is 440 g/mol. The summed E-state index contributed by atoms with van der Waals surface area (Å²) in [5.74, 6) is -0.955. The van der Waals surface area contributed by atoms with E-state index in [-0.39, 0.29) is 18.2 Å². The zero-order chi connectivity index (χ0) is 21.0. The van der Waals surface area contributed by atoms with Gasteiger partial charge in [-0.15, -0.1) is 0 Å². The van der Waals surface area contributed by atoms with Gasteiger partial charge < -0.3 is 10.1 Å². The lowest BCUT2D eigenvalue weighted by Crippen LogP contribution is -2.44. The first-order chi connectivity index (χ1) is 13.8. The molecule has 29 heavy (non-hydrogen) atoms. The van der Waals surface area contributed by atoms with Gasteiger partial charge in [-0.3, -0.25) is 4.79 Å². The van der Waals surface area contributed by atoms with Crippen LogP contribution in [0.25, 0.3) is 0 Å². The number of hydrogen-bond acceptors (Lipinski definition) is 4. The Bertz CT molecular complexity index is 982. The molecule has 2 aromatic carbocycles. The molecule has 1 heterocycles. The third kappa shape index (κ3) is 5.46. The van der Waals surface area contributed by atoms with Crippen molar-refractivity contribution in [2.24, 2.45) is 5.92 Å². The number of rotatable bonds is 6. The van der Waals surface area contributed by atoms with Gasteiger partial charge in [0.2, 0.25) is 15.9 Å². The molecule has 156 valence electrons. The minimum Gasteiger partial charge on any atom is -0.495 e. The third-order valence-corrected chi connectivity index (χ3v) is 6.88. The molecule has 0 aromatic heterocycles. The number of carbonyl (C=O) groups is 1. The van der Waals surface area contributed by atoms with E-state index in [1.165, 1.54) is 35.7 Å². The maximum Gasteiger partial charge on any atom is 0.228 e. The Morgan fingerprint density at radius 2 is 2.00 bits per heavy atom. The zero-order valence-corrected chi connectivity index (χ0v) is 17.5. The number of nitrogens with one attached hydrogen (secondary N) is 1. The lowest BCUT2D eigenvalue weighted by Gasteiger charge is -2.31. The number of hydrogen-bond donors (Lipinski definition) is 1. The van der Waals surface area contributed by atoms with Crippen LogP contribution in [0.3, 0.4) is 0 Å². The van der Waals surface area contributed by atoms with Gasteiger partial charge in [0.15, 0.2) is 0 Å². The minimum atomic E-state index is -3.62. The van der Waals surface area contributed by atoms with Crippen molar-refractivity contribution in [2.75, 3.05) is 25.5 Å². The second-order valence-electron chi connectivity index (χ2n) is 6.91. The molecule has 6 nitrogen and oxygen atoms in total. The number of anilines is 1. The molecule has 1 N–H and O–H groups in total. The first kappa shape index (κ1) is 21.5. The smallest absolute Gasteiger partial charge is 0.228 e. The van der Waals surface area contributed by atoms with E-state index in [9.17, 15) is 17.6 Å². The first-order valence-corrected chi connectivity index (χ1v) is 11.1. The summed E-state index contributed by atoms with van der Waals surface area (Å²) in [7, 11) is -2.13. The highest BCUT2D eigenvalue weighted by Crippen LogP contribution is 2.29. The number of ether oxygens (including phenoxy) is 1. The van der Waals surface area contributed by atoms with Crippen molar-refractivity contribution >= 4 is 33.2 Å². The van der Waals surface area contributed by atoms with Gasteiger partial charge in [-0.2, -0.15) is 0 Å². The maximum atomic E-state index is 13.1. The van der Waals surface area contributed by atoms with Crippen molar-refractivity contribution in [3.8, 4) is 5.75 Å². The second-order valence-corrected chi connectivity index (χ2v) is 9.32. The van der Waals surface area contributed by atoms with Crippen molar-refractivity contribution in [3.63, 3.8) is 0 Å². The summed E-state index contributed by atoms with van der Waals surface area (Å²) < 4.78 is 45.2. The highest BCUT2D eigenvalue weighted by Gasteiger charge is 2.32. The lowest BCUT2D eigenvalue weighted by molar-refractivity contribution is -0.120. The molecule has 1 fully saturated rings. The number of methoxy groups -OCH3 is 1. The normalized spacial score (nSPS) is 17.7. The van der Waals surface area contributed by atoms with Gasteiger partial charge in [0, 0.05) is 18.1 Å². The zero-order valence-electron chi connectivity index (χ0n) is 15.9. The van der Waals surface area contributed by atoms with Crippen LogP contribution in [0.4, 0.5) is 10.1 Å². The largest absolute Gasteiger partial charge is 0.495 e.